The van der Waals surface area contributed by atoms with Gasteiger partial charge in [-0.25, -0.2) is 4.39 Å². The topological polar surface area (TPSA) is 7.12 Å². The molecule has 2 nitrogen and oxygen atoms in total. The van der Waals surface area contributed by atoms with Gasteiger partial charge in [-0.15, -0.1) is 0 Å². The van der Waals surface area contributed by atoms with Crippen LogP contribution in [-0.4, -0.2) is 13.1 Å². The number of aromatic nitrogens is 1. The van der Waals surface area contributed by atoms with E-state index in [2.05, 4.69) is 4.90 Å². The van der Waals surface area contributed by atoms with Gasteiger partial charge in [0, 0.05) is 30.4 Å². The Morgan fingerprint density at radius 3 is 2.33 bits per heavy atom. The second kappa shape index (κ2) is 6.41. The average molecular weight is 383 g/mol. The molecule has 3 aromatic rings. The number of benzene rings is 2. The van der Waals surface area contributed by atoms with Crippen molar-refractivity contribution < 1.29 is 13.3 Å². The van der Waals surface area contributed by atoms with Crippen LogP contribution >= 0.6 is 11.3 Å². The first kappa shape index (κ1) is 16.9. The number of fused-ring (bicyclic) bond motifs is 1. The van der Waals surface area contributed by atoms with Crippen LogP contribution in [0.1, 0.15) is 34.5 Å². The molecule has 0 spiro atoms. The van der Waals surface area contributed by atoms with Crippen LogP contribution in [0, 0.1) is 0 Å². The minimum absolute atomic E-state index is 0.321. The molecule has 0 amide bonds. The molecule has 0 atom stereocenters. The first-order valence-electron chi connectivity index (χ1n) is 9.48. The molecule has 0 bridgehead atoms. The van der Waals surface area contributed by atoms with Gasteiger partial charge >= 0.3 is 5.01 Å². The van der Waals surface area contributed by atoms with Gasteiger partial charge in [-0.3, -0.25) is 0 Å². The molecule has 2 aromatic carbocycles. The van der Waals surface area contributed by atoms with Gasteiger partial charge in [-0.2, -0.15) is 8.96 Å². The maximum Gasteiger partial charge on any atom is 0.301 e. The summed E-state index contributed by atoms with van der Waals surface area (Å²) in [5.74, 6) is -1.52. The van der Waals surface area contributed by atoms with Gasteiger partial charge in [-0.05, 0) is 55.0 Å². The minimum atomic E-state index is -0.769. The lowest BCUT2D eigenvalue weighted by molar-refractivity contribution is -0.643. The Balaban J connectivity index is 1.64. The minimum Gasteiger partial charge on any atom is -0.371 e. The molecule has 27 heavy (non-hydrogen) atoms. The number of hydrogen-bond acceptors (Lipinski definition) is 2. The lowest BCUT2D eigenvalue weighted by atomic mass is 9.90. The third kappa shape index (κ3) is 2.67. The third-order valence-corrected chi connectivity index (χ3v) is 6.92. The Morgan fingerprint density at radius 2 is 1.67 bits per heavy atom. The second-order valence-electron chi connectivity index (χ2n) is 7.40. The summed E-state index contributed by atoms with van der Waals surface area (Å²) in [7, 11) is 1.79. The summed E-state index contributed by atoms with van der Waals surface area (Å²) >= 11 is 1.29. The van der Waals surface area contributed by atoms with E-state index in [1.807, 2.05) is 36.4 Å². The third-order valence-electron chi connectivity index (χ3n) is 5.70. The zero-order valence-electron chi connectivity index (χ0n) is 15.3. The highest BCUT2D eigenvalue weighted by atomic mass is 32.1. The molecule has 1 aromatic heterocycles. The molecular weight excluding hydrogens is 362 g/mol. The van der Waals surface area contributed by atoms with E-state index in [1.165, 1.54) is 17.0 Å². The summed E-state index contributed by atoms with van der Waals surface area (Å²) in [6.45, 7) is 2.15. The van der Waals surface area contributed by atoms with Gasteiger partial charge in [0.2, 0.25) is 11.3 Å². The molecule has 0 saturated heterocycles. The van der Waals surface area contributed by atoms with Crippen LogP contribution in [0.4, 0.5) is 14.5 Å². The smallest absolute Gasteiger partial charge is 0.301 e. The first-order chi connectivity index (χ1) is 13.1. The van der Waals surface area contributed by atoms with Crippen molar-refractivity contribution in [2.24, 2.45) is 7.05 Å². The van der Waals surface area contributed by atoms with Crippen molar-refractivity contribution in [2.75, 3.05) is 18.0 Å². The quantitative estimate of drug-likeness (QED) is 0.553. The molecule has 0 radical (unpaired) electrons. The molecule has 5 heteroatoms. The number of hydrogen-bond donors (Lipinski definition) is 0. The Labute approximate surface area is 161 Å². The van der Waals surface area contributed by atoms with E-state index in [0.29, 0.717) is 10.6 Å². The summed E-state index contributed by atoms with van der Waals surface area (Å²) in [4.78, 5) is 2.41. The molecule has 5 rings (SSSR count). The van der Waals surface area contributed by atoms with Crippen LogP contribution in [-0.2, 0) is 19.9 Å². The second-order valence-corrected chi connectivity index (χ2v) is 8.43. The SMILES string of the molecule is C[n+]1c(/C(F)=C(\F)c2cc3c4c(c2)CCCN4CCC3)sc2ccccc21. The fourth-order valence-corrected chi connectivity index (χ4v) is 5.52. The van der Waals surface area contributed by atoms with Crippen molar-refractivity contribution in [2.45, 2.75) is 25.7 Å². The van der Waals surface area contributed by atoms with Crippen molar-refractivity contribution in [3.8, 4) is 0 Å². The van der Waals surface area contributed by atoms with Crippen molar-refractivity contribution in [1.29, 1.82) is 0 Å². The van der Waals surface area contributed by atoms with Gasteiger partial charge in [0.1, 0.15) is 11.7 Å². The van der Waals surface area contributed by atoms with E-state index < -0.39 is 11.7 Å². The van der Waals surface area contributed by atoms with Crippen LogP contribution in [0.2, 0.25) is 0 Å². The molecule has 2 aliphatic rings. The van der Waals surface area contributed by atoms with Crippen molar-refractivity contribution in [3.63, 3.8) is 0 Å². The maximum atomic E-state index is 15.2. The molecule has 0 N–H and O–H groups in total. The van der Waals surface area contributed by atoms with E-state index in [9.17, 15) is 0 Å². The number of para-hydroxylation sites is 1. The molecule has 3 heterocycles. The standard InChI is InChI=1S/C22H21F2N2S/c1-25-17-8-2-3-9-18(17)27-22(25)20(24)19(23)16-12-14-6-4-10-26-11-5-7-15(13-16)21(14)26/h2-3,8-9,12-13H,4-7,10-11H2,1H3/q+1. The Kier molecular flexibility index (Phi) is 4.01. The monoisotopic (exact) mass is 383 g/mol. The molecule has 2 aliphatic heterocycles. The molecule has 0 saturated carbocycles. The van der Waals surface area contributed by atoms with Crippen LogP contribution in [0.3, 0.4) is 0 Å². The summed E-state index contributed by atoms with van der Waals surface area (Å²) in [6, 6.07) is 11.4. The van der Waals surface area contributed by atoms with E-state index in [-0.39, 0.29) is 0 Å². The Hall–Kier alpha value is -2.27. The van der Waals surface area contributed by atoms with E-state index in [4.69, 9.17) is 0 Å². The van der Waals surface area contributed by atoms with Gasteiger partial charge in [0.15, 0.2) is 5.83 Å². The highest BCUT2D eigenvalue weighted by Gasteiger charge is 2.28. The van der Waals surface area contributed by atoms with Gasteiger partial charge in [0.05, 0.1) is 0 Å². The highest BCUT2D eigenvalue weighted by Crippen LogP contribution is 2.39. The van der Waals surface area contributed by atoms with E-state index >= 15 is 8.78 Å². The fraction of sp³-hybridized carbons (Fsp3) is 0.318. The van der Waals surface area contributed by atoms with Crippen LogP contribution in [0.5, 0.6) is 0 Å². The van der Waals surface area contributed by atoms with Crippen LogP contribution in [0.25, 0.3) is 21.9 Å². The molecule has 0 aliphatic carbocycles. The number of rotatable bonds is 2. The fourth-order valence-electron chi connectivity index (χ4n) is 4.45. The lowest BCUT2D eigenvalue weighted by Gasteiger charge is -2.37. The lowest BCUT2D eigenvalue weighted by Crippen LogP contribution is -2.34. The van der Waals surface area contributed by atoms with Gasteiger partial charge in [0.25, 0.3) is 0 Å². The largest absolute Gasteiger partial charge is 0.371 e. The first-order valence-corrected chi connectivity index (χ1v) is 10.3. The number of thiazole rings is 1. The molecular formula is C22H21F2N2S+. The zero-order chi connectivity index (χ0) is 18.5. The molecule has 0 fully saturated rings. The van der Waals surface area contributed by atoms with Gasteiger partial charge in [-0.1, -0.05) is 23.5 Å². The van der Waals surface area contributed by atoms with Crippen LogP contribution < -0.4 is 9.47 Å². The summed E-state index contributed by atoms with van der Waals surface area (Å²) < 4.78 is 33.1. The van der Waals surface area contributed by atoms with Crippen molar-refractivity contribution in [1.82, 2.24) is 0 Å². The van der Waals surface area contributed by atoms with Crippen molar-refractivity contribution >= 4 is 38.9 Å². The molecule has 0 unspecified atom stereocenters. The normalized spacial score (nSPS) is 17.1. The number of halogens is 2. The summed E-state index contributed by atoms with van der Waals surface area (Å²) in [5.41, 5.74) is 4.89. The maximum absolute atomic E-state index is 15.2. The van der Waals surface area contributed by atoms with Gasteiger partial charge < -0.3 is 4.90 Å². The van der Waals surface area contributed by atoms with E-state index in [0.717, 1.165) is 60.1 Å². The zero-order valence-corrected chi connectivity index (χ0v) is 16.1. The highest BCUT2D eigenvalue weighted by molar-refractivity contribution is 7.19. The van der Waals surface area contributed by atoms with Crippen LogP contribution in [0.15, 0.2) is 36.4 Å². The van der Waals surface area contributed by atoms with Crippen molar-refractivity contribution in [3.05, 3.63) is 58.1 Å². The summed E-state index contributed by atoms with van der Waals surface area (Å²) in [5, 5.41) is 0.321. The molecule has 138 valence electrons. The number of aryl methyl sites for hydroxylation is 3. The number of nitrogens with zero attached hydrogens (tertiary/aromatic N) is 2. The number of anilines is 1. The van der Waals surface area contributed by atoms with E-state index in [1.54, 1.807) is 11.6 Å². The summed E-state index contributed by atoms with van der Waals surface area (Å²) in [6.07, 6.45) is 4.04. The predicted molar refractivity (Wildman–Crippen MR) is 107 cm³/mol. The Bertz CT molecular complexity index is 1050. The average Bonchev–Trinajstić information content (AvgIpc) is 3.04. The predicted octanol–water partition coefficient (Wildman–Crippen LogP) is 5.19. The Morgan fingerprint density at radius 1 is 1.00 bits per heavy atom.